The van der Waals surface area contributed by atoms with E-state index in [-0.39, 0.29) is 24.8 Å². The van der Waals surface area contributed by atoms with E-state index in [9.17, 15) is 19.1 Å². The van der Waals surface area contributed by atoms with Crippen molar-refractivity contribution in [3.8, 4) is 0 Å². The molecule has 122 valence electrons. The molecule has 0 spiro atoms. The number of halogens is 1. The highest BCUT2D eigenvalue weighted by molar-refractivity contribution is 6.35. The molecule has 2 atom stereocenters. The van der Waals surface area contributed by atoms with Gasteiger partial charge < -0.3 is 15.7 Å². The van der Waals surface area contributed by atoms with Gasteiger partial charge in [0, 0.05) is 13.1 Å². The normalized spacial score (nSPS) is 14.8. The van der Waals surface area contributed by atoms with Gasteiger partial charge >= 0.3 is 11.8 Å². The summed E-state index contributed by atoms with van der Waals surface area (Å²) in [5.74, 6) is -1.95. The summed E-state index contributed by atoms with van der Waals surface area (Å²) in [4.78, 5) is 23.3. The summed E-state index contributed by atoms with van der Waals surface area (Å²) in [7, 11) is 0. The van der Waals surface area contributed by atoms with Gasteiger partial charge in [-0.2, -0.15) is 0 Å². The molecule has 0 aromatic heterocycles. The third kappa shape index (κ3) is 5.44. The first-order valence-corrected chi connectivity index (χ1v) is 7.29. The van der Waals surface area contributed by atoms with Crippen LogP contribution in [-0.2, 0) is 16.1 Å². The maximum absolute atomic E-state index is 12.7. The minimum atomic E-state index is -1.07. The molecule has 0 heterocycles. The topological polar surface area (TPSA) is 78.4 Å². The summed E-state index contributed by atoms with van der Waals surface area (Å²) in [5, 5.41) is 15.0. The van der Waals surface area contributed by atoms with Crippen LogP contribution in [0.3, 0.4) is 0 Å². The molecule has 1 rings (SSSR count). The van der Waals surface area contributed by atoms with Gasteiger partial charge in [-0.1, -0.05) is 32.4 Å². The van der Waals surface area contributed by atoms with E-state index < -0.39 is 17.4 Å². The average molecular weight is 310 g/mol. The van der Waals surface area contributed by atoms with Gasteiger partial charge in [0.15, 0.2) is 0 Å². The molecule has 0 aliphatic carbocycles. The van der Waals surface area contributed by atoms with E-state index in [1.807, 2.05) is 13.8 Å². The highest BCUT2D eigenvalue weighted by Crippen LogP contribution is 2.18. The molecular weight excluding hydrogens is 287 g/mol. The fourth-order valence-electron chi connectivity index (χ4n) is 1.82. The minimum Gasteiger partial charge on any atom is -0.388 e. The molecule has 0 fully saturated rings. The molecule has 3 N–H and O–H groups in total. The molecule has 0 saturated heterocycles. The van der Waals surface area contributed by atoms with Crippen molar-refractivity contribution in [3.05, 3.63) is 35.6 Å². The number of hydrogen-bond donors (Lipinski definition) is 3. The molecule has 0 radical (unpaired) electrons. The van der Waals surface area contributed by atoms with Crippen LogP contribution in [0.25, 0.3) is 0 Å². The molecular formula is C16H23FN2O3. The smallest absolute Gasteiger partial charge is 0.309 e. The Bertz CT molecular complexity index is 515. The summed E-state index contributed by atoms with van der Waals surface area (Å²) in [6, 6.07) is 5.62. The molecule has 6 heteroatoms. The maximum atomic E-state index is 12.7. The predicted octanol–water partition coefficient (Wildman–Crippen LogP) is 1.36. The number of carbonyl (C=O) groups is 2. The Morgan fingerprint density at radius 3 is 2.32 bits per heavy atom. The van der Waals surface area contributed by atoms with Crippen molar-refractivity contribution in [2.45, 2.75) is 39.3 Å². The van der Waals surface area contributed by atoms with E-state index in [1.54, 1.807) is 6.92 Å². The zero-order valence-corrected chi connectivity index (χ0v) is 13.1. The molecule has 0 aliphatic heterocycles. The molecule has 1 aromatic rings. The van der Waals surface area contributed by atoms with Gasteiger partial charge in [-0.15, -0.1) is 0 Å². The highest BCUT2D eigenvalue weighted by Gasteiger charge is 2.28. The van der Waals surface area contributed by atoms with Crippen LogP contribution in [-0.4, -0.2) is 29.1 Å². The number of benzene rings is 1. The second-order valence-corrected chi connectivity index (χ2v) is 5.66. The van der Waals surface area contributed by atoms with Gasteiger partial charge in [0.2, 0.25) is 0 Å². The average Bonchev–Trinajstić information content (AvgIpc) is 2.50. The molecule has 5 nitrogen and oxygen atoms in total. The van der Waals surface area contributed by atoms with Crippen molar-refractivity contribution < 1.29 is 19.1 Å². The third-order valence-electron chi connectivity index (χ3n) is 3.85. The molecule has 0 saturated carbocycles. The Kier molecular flexibility index (Phi) is 6.49. The van der Waals surface area contributed by atoms with Crippen LogP contribution in [0.15, 0.2) is 24.3 Å². The lowest BCUT2D eigenvalue weighted by atomic mass is 9.89. The molecule has 0 aliphatic rings. The fraction of sp³-hybridized carbons (Fsp3) is 0.500. The summed E-state index contributed by atoms with van der Waals surface area (Å²) in [6.45, 7) is 5.58. The molecule has 0 bridgehead atoms. The van der Waals surface area contributed by atoms with E-state index in [0.717, 1.165) is 6.42 Å². The SMILES string of the molecule is CCC(C)C(C)(O)CNC(=O)C(=O)NCc1ccc(F)cc1. The van der Waals surface area contributed by atoms with Crippen molar-refractivity contribution in [3.63, 3.8) is 0 Å². The largest absolute Gasteiger partial charge is 0.388 e. The van der Waals surface area contributed by atoms with E-state index in [0.29, 0.717) is 5.56 Å². The van der Waals surface area contributed by atoms with E-state index in [4.69, 9.17) is 0 Å². The minimum absolute atomic E-state index is 0.00456. The standard InChI is InChI=1S/C16H23FN2O3/c1-4-11(2)16(3,22)10-19-15(21)14(20)18-9-12-5-7-13(17)8-6-12/h5-8,11,22H,4,9-10H2,1-3H3,(H,18,20)(H,19,21). The zero-order valence-electron chi connectivity index (χ0n) is 13.1. The lowest BCUT2D eigenvalue weighted by molar-refractivity contribution is -0.140. The van der Waals surface area contributed by atoms with Crippen molar-refractivity contribution in [1.82, 2.24) is 10.6 Å². The number of amides is 2. The second-order valence-electron chi connectivity index (χ2n) is 5.66. The molecule has 2 unspecified atom stereocenters. The van der Waals surface area contributed by atoms with Gasteiger partial charge in [0.25, 0.3) is 0 Å². The Balaban J connectivity index is 2.42. The fourth-order valence-corrected chi connectivity index (χ4v) is 1.82. The van der Waals surface area contributed by atoms with Crippen LogP contribution in [0.2, 0.25) is 0 Å². The summed E-state index contributed by atoms with van der Waals surface area (Å²) in [5.41, 5.74) is -0.379. The van der Waals surface area contributed by atoms with E-state index in [1.165, 1.54) is 24.3 Å². The summed E-state index contributed by atoms with van der Waals surface area (Å²) in [6.07, 6.45) is 0.764. The number of carbonyl (C=O) groups excluding carboxylic acids is 2. The monoisotopic (exact) mass is 310 g/mol. The molecule has 22 heavy (non-hydrogen) atoms. The van der Waals surface area contributed by atoms with Gasteiger partial charge in [0.1, 0.15) is 5.82 Å². The predicted molar refractivity (Wildman–Crippen MR) is 81.3 cm³/mol. The van der Waals surface area contributed by atoms with Crippen molar-refractivity contribution in [2.75, 3.05) is 6.54 Å². The highest BCUT2D eigenvalue weighted by atomic mass is 19.1. The Morgan fingerprint density at radius 2 is 1.77 bits per heavy atom. The van der Waals surface area contributed by atoms with Crippen LogP contribution in [0.1, 0.15) is 32.8 Å². The number of nitrogens with one attached hydrogen (secondary N) is 2. The summed E-state index contributed by atoms with van der Waals surface area (Å²) >= 11 is 0. The van der Waals surface area contributed by atoms with Crippen LogP contribution in [0, 0.1) is 11.7 Å². The molecule has 1 aromatic carbocycles. The third-order valence-corrected chi connectivity index (χ3v) is 3.85. The summed E-state index contributed by atoms with van der Waals surface area (Å²) < 4.78 is 12.7. The van der Waals surface area contributed by atoms with Crippen LogP contribution >= 0.6 is 0 Å². The van der Waals surface area contributed by atoms with Crippen molar-refractivity contribution in [2.24, 2.45) is 5.92 Å². The first-order chi connectivity index (χ1) is 10.3. The van der Waals surface area contributed by atoms with Gasteiger partial charge in [-0.25, -0.2) is 4.39 Å². The van der Waals surface area contributed by atoms with E-state index >= 15 is 0 Å². The lowest BCUT2D eigenvalue weighted by Gasteiger charge is -2.29. The number of rotatable bonds is 6. The second kappa shape index (κ2) is 7.89. The van der Waals surface area contributed by atoms with Gasteiger partial charge in [-0.05, 0) is 30.5 Å². The quantitative estimate of drug-likeness (QED) is 0.694. The lowest BCUT2D eigenvalue weighted by Crippen LogP contribution is -2.48. The van der Waals surface area contributed by atoms with Gasteiger partial charge in [0.05, 0.1) is 5.60 Å². The number of aliphatic hydroxyl groups is 1. The Hall–Kier alpha value is -1.95. The molecule has 2 amide bonds. The maximum Gasteiger partial charge on any atom is 0.309 e. The number of hydrogen-bond acceptors (Lipinski definition) is 3. The first-order valence-electron chi connectivity index (χ1n) is 7.29. The van der Waals surface area contributed by atoms with Crippen LogP contribution in [0.4, 0.5) is 4.39 Å². The zero-order chi connectivity index (χ0) is 16.8. The van der Waals surface area contributed by atoms with Gasteiger partial charge in [-0.3, -0.25) is 9.59 Å². The van der Waals surface area contributed by atoms with Crippen LogP contribution in [0.5, 0.6) is 0 Å². The Labute approximate surface area is 129 Å². The van der Waals surface area contributed by atoms with Crippen molar-refractivity contribution in [1.29, 1.82) is 0 Å². The van der Waals surface area contributed by atoms with Crippen LogP contribution < -0.4 is 10.6 Å². The first kappa shape index (κ1) is 18.1. The Morgan fingerprint density at radius 1 is 1.23 bits per heavy atom. The van der Waals surface area contributed by atoms with Crippen molar-refractivity contribution >= 4 is 11.8 Å². The van der Waals surface area contributed by atoms with E-state index in [2.05, 4.69) is 10.6 Å².